The minimum Gasteiger partial charge on any atom is -0.495 e. The van der Waals surface area contributed by atoms with E-state index in [1.54, 1.807) is 12.0 Å². The van der Waals surface area contributed by atoms with Gasteiger partial charge in [-0.3, -0.25) is 0 Å². The zero-order valence-corrected chi connectivity index (χ0v) is 13.6. The summed E-state index contributed by atoms with van der Waals surface area (Å²) in [5.41, 5.74) is 0.653. The molecule has 2 amide bonds. The molecule has 2 heterocycles. The summed E-state index contributed by atoms with van der Waals surface area (Å²) in [7, 11) is 1.58. The molecular formula is C17H20N4O3. The summed E-state index contributed by atoms with van der Waals surface area (Å²) < 4.78 is 10.7. The van der Waals surface area contributed by atoms with Crippen molar-refractivity contribution >= 4 is 11.7 Å². The summed E-state index contributed by atoms with van der Waals surface area (Å²) >= 11 is 0. The summed E-state index contributed by atoms with van der Waals surface area (Å²) in [5.74, 6) is 2.40. The second-order valence-electron chi connectivity index (χ2n) is 6.25. The fourth-order valence-electron chi connectivity index (χ4n) is 3.09. The third-order valence-corrected chi connectivity index (χ3v) is 4.55. The van der Waals surface area contributed by atoms with Gasteiger partial charge in [0, 0.05) is 12.5 Å². The predicted octanol–water partition coefficient (Wildman–Crippen LogP) is 3.32. The number of amides is 2. The average molecular weight is 328 g/mol. The normalized spacial score (nSPS) is 20.2. The first-order valence-corrected chi connectivity index (χ1v) is 8.30. The lowest BCUT2D eigenvalue weighted by molar-refractivity contribution is 0.193. The van der Waals surface area contributed by atoms with E-state index >= 15 is 0 Å². The Labute approximate surface area is 140 Å². The molecule has 1 saturated heterocycles. The van der Waals surface area contributed by atoms with Gasteiger partial charge in [0.2, 0.25) is 5.89 Å². The van der Waals surface area contributed by atoms with Gasteiger partial charge in [-0.1, -0.05) is 17.3 Å². The van der Waals surface area contributed by atoms with Crippen molar-refractivity contribution in [3.8, 4) is 5.75 Å². The minimum atomic E-state index is -0.173. The van der Waals surface area contributed by atoms with Crippen LogP contribution in [-0.4, -0.2) is 34.7 Å². The lowest BCUT2D eigenvalue weighted by Gasteiger charge is -2.22. The second kappa shape index (κ2) is 6.14. The van der Waals surface area contributed by atoms with Gasteiger partial charge in [-0.25, -0.2) is 4.79 Å². The number of nitrogens with zero attached hydrogens (tertiary/aromatic N) is 3. The highest BCUT2D eigenvalue weighted by Crippen LogP contribution is 2.40. The van der Waals surface area contributed by atoms with E-state index < -0.39 is 0 Å². The molecule has 1 aromatic heterocycles. The Balaban J connectivity index is 1.50. The number of methoxy groups -OCH3 is 1. The zero-order chi connectivity index (χ0) is 16.5. The molecule has 24 heavy (non-hydrogen) atoms. The number of carbonyl (C=O) groups is 1. The van der Waals surface area contributed by atoms with Crippen LogP contribution in [0, 0.1) is 0 Å². The quantitative estimate of drug-likeness (QED) is 0.931. The summed E-state index contributed by atoms with van der Waals surface area (Å²) in [5, 5.41) is 6.98. The predicted molar refractivity (Wildman–Crippen MR) is 87.0 cm³/mol. The molecule has 1 unspecified atom stereocenters. The number of aromatic nitrogens is 2. The number of benzene rings is 1. The number of carbonyl (C=O) groups excluding carboxylic acids is 1. The number of urea groups is 1. The molecule has 1 aliphatic carbocycles. The van der Waals surface area contributed by atoms with Gasteiger partial charge >= 0.3 is 6.03 Å². The number of hydrogen-bond acceptors (Lipinski definition) is 5. The van der Waals surface area contributed by atoms with E-state index in [0.29, 0.717) is 29.8 Å². The Morgan fingerprint density at radius 2 is 2.17 bits per heavy atom. The van der Waals surface area contributed by atoms with Gasteiger partial charge in [-0.2, -0.15) is 4.98 Å². The number of rotatable bonds is 4. The second-order valence-corrected chi connectivity index (χ2v) is 6.25. The lowest BCUT2D eigenvalue weighted by Crippen LogP contribution is -2.34. The molecule has 0 radical (unpaired) electrons. The summed E-state index contributed by atoms with van der Waals surface area (Å²) in [6.07, 6.45) is 4.01. The van der Waals surface area contributed by atoms with E-state index in [1.807, 2.05) is 24.3 Å². The molecule has 0 spiro atoms. The van der Waals surface area contributed by atoms with Gasteiger partial charge in [0.25, 0.3) is 0 Å². The largest absolute Gasteiger partial charge is 0.495 e. The Morgan fingerprint density at radius 1 is 1.33 bits per heavy atom. The molecular weight excluding hydrogens is 308 g/mol. The average Bonchev–Trinajstić information content (AvgIpc) is 3.13. The molecule has 2 fully saturated rings. The fourth-order valence-corrected chi connectivity index (χ4v) is 3.09. The SMILES string of the molecule is COc1ccccc1NC(=O)N1CCCC1c1nc(C2CC2)no1. The van der Waals surface area contributed by atoms with Gasteiger partial charge in [-0.15, -0.1) is 0 Å². The molecule has 1 aromatic carbocycles. The van der Waals surface area contributed by atoms with Crippen molar-refractivity contribution in [2.45, 2.75) is 37.6 Å². The Hall–Kier alpha value is -2.57. The number of hydrogen-bond donors (Lipinski definition) is 1. The van der Waals surface area contributed by atoms with Crippen LogP contribution in [0.5, 0.6) is 5.75 Å². The van der Waals surface area contributed by atoms with Crippen LogP contribution in [0.25, 0.3) is 0 Å². The van der Waals surface area contributed by atoms with Gasteiger partial charge < -0.3 is 19.5 Å². The van der Waals surface area contributed by atoms with Crippen LogP contribution in [0.4, 0.5) is 10.5 Å². The van der Waals surface area contributed by atoms with Crippen LogP contribution in [0.1, 0.15) is 49.4 Å². The van der Waals surface area contributed by atoms with Gasteiger partial charge in [0.15, 0.2) is 5.82 Å². The first-order valence-electron chi connectivity index (χ1n) is 8.30. The van der Waals surface area contributed by atoms with Crippen molar-refractivity contribution in [1.29, 1.82) is 0 Å². The molecule has 1 N–H and O–H groups in total. The molecule has 7 heteroatoms. The highest BCUT2D eigenvalue weighted by atomic mass is 16.5. The highest BCUT2D eigenvalue weighted by molar-refractivity contribution is 5.91. The molecule has 2 aromatic rings. The molecule has 4 rings (SSSR count). The molecule has 1 atom stereocenters. The first-order chi connectivity index (χ1) is 11.8. The zero-order valence-electron chi connectivity index (χ0n) is 13.6. The Bertz CT molecular complexity index is 741. The van der Waals surface area contributed by atoms with Crippen molar-refractivity contribution in [3.05, 3.63) is 36.0 Å². The maximum absolute atomic E-state index is 12.7. The van der Waals surface area contributed by atoms with E-state index in [-0.39, 0.29) is 12.1 Å². The molecule has 1 aliphatic heterocycles. The number of ether oxygens (including phenoxy) is 1. The smallest absolute Gasteiger partial charge is 0.322 e. The lowest BCUT2D eigenvalue weighted by atomic mass is 10.2. The molecule has 1 saturated carbocycles. The van der Waals surface area contributed by atoms with Crippen LogP contribution in [0.2, 0.25) is 0 Å². The summed E-state index contributed by atoms with van der Waals surface area (Å²) in [6, 6.07) is 7.04. The maximum Gasteiger partial charge on any atom is 0.322 e. The van der Waals surface area contributed by atoms with E-state index in [4.69, 9.17) is 9.26 Å². The van der Waals surface area contributed by atoms with Crippen molar-refractivity contribution in [3.63, 3.8) is 0 Å². The van der Waals surface area contributed by atoms with Crippen LogP contribution in [-0.2, 0) is 0 Å². The Kier molecular flexibility index (Phi) is 3.84. The molecule has 0 bridgehead atoms. The number of nitrogens with one attached hydrogen (secondary N) is 1. The first kappa shape index (κ1) is 15.0. The minimum absolute atomic E-state index is 0.153. The summed E-state index contributed by atoms with van der Waals surface area (Å²) in [6.45, 7) is 0.673. The van der Waals surface area contributed by atoms with Crippen LogP contribution in [0.15, 0.2) is 28.8 Å². The topological polar surface area (TPSA) is 80.5 Å². The number of anilines is 1. The van der Waals surface area contributed by atoms with E-state index in [1.165, 1.54) is 0 Å². The van der Waals surface area contributed by atoms with E-state index in [2.05, 4.69) is 15.5 Å². The molecule has 126 valence electrons. The van der Waals surface area contributed by atoms with Gasteiger partial charge in [-0.05, 0) is 37.8 Å². The van der Waals surface area contributed by atoms with Crippen LogP contribution in [0.3, 0.4) is 0 Å². The van der Waals surface area contributed by atoms with Crippen molar-refractivity contribution in [2.75, 3.05) is 19.0 Å². The van der Waals surface area contributed by atoms with Gasteiger partial charge in [0.1, 0.15) is 11.8 Å². The van der Waals surface area contributed by atoms with Crippen molar-refractivity contribution in [2.24, 2.45) is 0 Å². The fraction of sp³-hybridized carbons (Fsp3) is 0.471. The van der Waals surface area contributed by atoms with Crippen LogP contribution < -0.4 is 10.1 Å². The van der Waals surface area contributed by atoms with E-state index in [9.17, 15) is 4.79 Å². The van der Waals surface area contributed by atoms with Crippen molar-refractivity contribution < 1.29 is 14.1 Å². The van der Waals surface area contributed by atoms with Gasteiger partial charge in [0.05, 0.1) is 12.8 Å². The molecule has 7 nitrogen and oxygen atoms in total. The maximum atomic E-state index is 12.7. The Morgan fingerprint density at radius 3 is 2.96 bits per heavy atom. The third-order valence-electron chi connectivity index (χ3n) is 4.55. The third kappa shape index (κ3) is 2.81. The number of para-hydroxylation sites is 2. The standard InChI is InChI=1S/C17H20N4O3/c1-23-14-7-3-2-5-12(14)18-17(22)21-10-4-6-13(21)16-19-15(20-24-16)11-8-9-11/h2-3,5,7,11,13H,4,6,8-10H2,1H3,(H,18,22). The number of likely N-dealkylation sites (tertiary alicyclic amines) is 1. The van der Waals surface area contributed by atoms with Crippen LogP contribution >= 0.6 is 0 Å². The monoisotopic (exact) mass is 328 g/mol. The molecule has 2 aliphatic rings. The highest BCUT2D eigenvalue weighted by Gasteiger charge is 2.36. The summed E-state index contributed by atoms with van der Waals surface area (Å²) in [4.78, 5) is 19.0. The van der Waals surface area contributed by atoms with E-state index in [0.717, 1.165) is 31.5 Å². The van der Waals surface area contributed by atoms with Crippen molar-refractivity contribution in [1.82, 2.24) is 15.0 Å².